The highest BCUT2D eigenvalue weighted by molar-refractivity contribution is 6.04. The van der Waals surface area contributed by atoms with Crippen molar-refractivity contribution in [3.63, 3.8) is 0 Å². The molecule has 8 heteroatoms. The number of H-pyrrole nitrogens is 1. The molecule has 2 rings (SSSR count). The summed E-state index contributed by atoms with van der Waals surface area (Å²) in [5.74, 6) is -1.38. The van der Waals surface area contributed by atoms with E-state index in [0.717, 1.165) is 12.1 Å². The van der Waals surface area contributed by atoms with Crippen molar-refractivity contribution < 1.29 is 22.4 Å². The van der Waals surface area contributed by atoms with E-state index in [-0.39, 0.29) is 5.69 Å². The summed E-state index contributed by atoms with van der Waals surface area (Å²) in [5.41, 5.74) is -2.21. The highest BCUT2D eigenvalue weighted by Crippen LogP contribution is 2.26. The molecule has 0 spiro atoms. The van der Waals surface area contributed by atoms with Gasteiger partial charge in [-0.1, -0.05) is 0 Å². The molecule has 1 amide bonds. The highest BCUT2D eigenvalue weighted by atomic mass is 19.4. The number of carbonyl (C=O) groups is 1. The lowest BCUT2D eigenvalue weighted by Crippen LogP contribution is -2.25. The molecule has 1 aromatic heterocycles. The number of anilines is 1. The summed E-state index contributed by atoms with van der Waals surface area (Å²) >= 11 is 0. The van der Waals surface area contributed by atoms with Gasteiger partial charge in [0.15, 0.2) is 0 Å². The van der Waals surface area contributed by atoms with Crippen LogP contribution in [-0.4, -0.2) is 10.9 Å². The van der Waals surface area contributed by atoms with E-state index >= 15 is 0 Å². The first-order chi connectivity index (χ1) is 10.2. The zero-order chi connectivity index (χ0) is 16.5. The average molecular weight is 314 g/mol. The predicted molar refractivity (Wildman–Crippen MR) is 71.2 cm³/mol. The molecule has 1 heterocycles. The fraction of sp³-hybridized carbons (Fsp3) is 0.143. The molecular formula is C14H10F4N2O2. The zero-order valence-corrected chi connectivity index (χ0v) is 11.2. The largest absolute Gasteiger partial charge is 0.431 e. The summed E-state index contributed by atoms with van der Waals surface area (Å²) in [6.45, 7) is 1.54. The van der Waals surface area contributed by atoms with Gasteiger partial charge in [0.25, 0.3) is 11.5 Å². The van der Waals surface area contributed by atoms with Gasteiger partial charge in [-0.3, -0.25) is 9.59 Å². The molecular weight excluding hydrogens is 304 g/mol. The van der Waals surface area contributed by atoms with Gasteiger partial charge in [0.2, 0.25) is 0 Å². The molecule has 4 nitrogen and oxygen atoms in total. The molecule has 2 N–H and O–H groups in total. The Balaban J connectivity index is 2.29. The smallest absolute Gasteiger partial charge is 0.322 e. The van der Waals surface area contributed by atoms with Crippen LogP contribution in [0.1, 0.15) is 21.6 Å². The maximum atomic E-state index is 13.0. The molecule has 0 saturated heterocycles. The van der Waals surface area contributed by atoms with Gasteiger partial charge in [0.05, 0.1) is 0 Å². The number of amides is 1. The van der Waals surface area contributed by atoms with Crippen LogP contribution < -0.4 is 10.9 Å². The molecule has 0 fully saturated rings. The Bertz CT molecular complexity index is 781. The van der Waals surface area contributed by atoms with Crippen LogP contribution in [0.3, 0.4) is 0 Å². The van der Waals surface area contributed by atoms with Crippen molar-refractivity contribution in [3.05, 3.63) is 63.3 Å². The molecule has 2 aromatic rings. The second-order valence-electron chi connectivity index (χ2n) is 4.53. The molecule has 1 aromatic carbocycles. The van der Waals surface area contributed by atoms with Crippen molar-refractivity contribution in [2.24, 2.45) is 0 Å². The number of nitrogens with one attached hydrogen (secondary N) is 2. The number of alkyl halides is 3. The molecule has 0 aliphatic carbocycles. The van der Waals surface area contributed by atoms with E-state index in [1.54, 1.807) is 4.98 Å². The standard InChI is InChI=1S/C14H10F4N2O2/c1-7-6-8(15)2-4-10(7)19-12(21)9-3-5-11(14(16,17)18)20-13(9)22/h2-6H,1H3,(H,19,21)(H,20,22). The van der Waals surface area contributed by atoms with Crippen LogP contribution in [0, 0.1) is 12.7 Å². The van der Waals surface area contributed by atoms with Crippen molar-refractivity contribution in [3.8, 4) is 0 Å². The number of carbonyl (C=O) groups excluding carboxylic acids is 1. The van der Waals surface area contributed by atoms with Crippen LogP contribution in [0.15, 0.2) is 35.1 Å². The number of halogens is 4. The topological polar surface area (TPSA) is 62.0 Å². The van der Waals surface area contributed by atoms with Crippen LogP contribution in [0.2, 0.25) is 0 Å². The summed E-state index contributed by atoms with van der Waals surface area (Å²) < 4.78 is 50.3. The van der Waals surface area contributed by atoms with E-state index in [1.807, 2.05) is 0 Å². The fourth-order valence-electron chi connectivity index (χ4n) is 1.77. The third kappa shape index (κ3) is 3.33. The summed E-state index contributed by atoms with van der Waals surface area (Å²) in [6.07, 6.45) is -4.71. The van der Waals surface area contributed by atoms with E-state index in [2.05, 4.69) is 5.32 Å². The highest BCUT2D eigenvalue weighted by Gasteiger charge is 2.32. The van der Waals surface area contributed by atoms with Gasteiger partial charge in [0.1, 0.15) is 17.1 Å². The average Bonchev–Trinajstić information content (AvgIpc) is 2.40. The lowest BCUT2D eigenvalue weighted by atomic mass is 10.1. The first-order valence-electron chi connectivity index (χ1n) is 6.06. The number of benzene rings is 1. The number of rotatable bonds is 2. The van der Waals surface area contributed by atoms with Gasteiger partial charge < -0.3 is 10.3 Å². The SMILES string of the molecule is Cc1cc(F)ccc1NC(=O)c1ccc(C(F)(F)F)[nH]c1=O. The number of aryl methyl sites for hydroxylation is 1. The lowest BCUT2D eigenvalue weighted by Gasteiger charge is -2.09. The third-order valence-electron chi connectivity index (χ3n) is 2.90. The Morgan fingerprint density at radius 1 is 1.18 bits per heavy atom. The number of hydrogen-bond acceptors (Lipinski definition) is 2. The fourth-order valence-corrected chi connectivity index (χ4v) is 1.77. The van der Waals surface area contributed by atoms with Crippen LogP contribution in [-0.2, 0) is 6.18 Å². The molecule has 0 saturated carbocycles. The molecule has 116 valence electrons. The number of pyridine rings is 1. The van der Waals surface area contributed by atoms with Crippen molar-refractivity contribution in [2.75, 3.05) is 5.32 Å². The first-order valence-corrected chi connectivity index (χ1v) is 6.06. The number of aromatic nitrogens is 1. The molecule has 0 atom stereocenters. The zero-order valence-electron chi connectivity index (χ0n) is 11.2. The minimum absolute atomic E-state index is 0.255. The Labute approximate surface area is 121 Å². The van der Waals surface area contributed by atoms with Gasteiger partial charge in [-0.25, -0.2) is 4.39 Å². The van der Waals surface area contributed by atoms with Crippen molar-refractivity contribution in [1.29, 1.82) is 0 Å². The van der Waals surface area contributed by atoms with Crippen molar-refractivity contribution in [2.45, 2.75) is 13.1 Å². The van der Waals surface area contributed by atoms with E-state index in [1.165, 1.54) is 19.1 Å². The van der Waals surface area contributed by atoms with Gasteiger partial charge in [0, 0.05) is 5.69 Å². The van der Waals surface area contributed by atoms with Gasteiger partial charge in [-0.2, -0.15) is 13.2 Å². The predicted octanol–water partition coefficient (Wildman–Crippen LogP) is 3.09. The van der Waals surface area contributed by atoms with Gasteiger partial charge in [-0.15, -0.1) is 0 Å². The number of hydrogen-bond donors (Lipinski definition) is 2. The molecule has 0 aliphatic rings. The van der Waals surface area contributed by atoms with Gasteiger partial charge in [-0.05, 0) is 42.8 Å². The Kier molecular flexibility index (Phi) is 4.03. The van der Waals surface area contributed by atoms with Crippen LogP contribution >= 0.6 is 0 Å². The van der Waals surface area contributed by atoms with Crippen LogP contribution in [0.25, 0.3) is 0 Å². The number of aromatic amines is 1. The summed E-state index contributed by atoms with van der Waals surface area (Å²) in [6, 6.07) is 4.97. The van der Waals surface area contributed by atoms with Gasteiger partial charge >= 0.3 is 6.18 Å². The normalized spacial score (nSPS) is 11.3. The summed E-state index contributed by atoms with van der Waals surface area (Å²) in [5, 5.41) is 2.35. The minimum Gasteiger partial charge on any atom is -0.322 e. The quantitative estimate of drug-likeness (QED) is 0.837. The second kappa shape index (κ2) is 5.63. The van der Waals surface area contributed by atoms with E-state index in [0.29, 0.717) is 11.6 Å². The summed E-state index contributed by atoms with van der Waals surface area (Å²) in [4.78, 5) is 25.1. The van der Waals surface area contributed by atoms with E-state index < -0.39 is 34.7 Å². The maximum absolute atomic E-state index is 13.0. The molecule has 0 unspecified atom stereocenters. The third-order valence-corrected chi connectivity index (χ3v) is 2.90. The van der Waals surface area contributed by atoms with E-state index in [9.17, 15) is 27.2 Å². The Hall–Kier alpha value is -2.64. The summed E-state index contributed by atoms with van der Waals surface area (Å²) in [7, 11) is 0. The molecule has 0 bridgehead atoms. The molecule has 22 heavy (non-hydrogen) atoms. The van der Waals surface area contributed by atoms with E-state index in [4.69, 9.17) is 0 Å². The molecule has 0 radical (unpaired) electrons. The van der Waals surface area contributed by atoms with Crippen molar-refractivity contribution in [1.82, 2.24) is 4.98 Å². The molecule has 0 aliphatic heterocycles. The Morgan fingerprint density at radius 2 is 1.86 bits per heavy atom. The van der Waals surface area contributed by atoms with Crippen LogP contribution in [0.4, 0.5) is 23.2 Å². The van der Waals surface area contributed by atoms with Crippen molar-refractivity contribution >= 4 is 11.6 Å². The maximum Gasteiger partial charge on any atom is 0.431 e. The van der Waals surface area contributed by atoms with Crippen LogP contribution in [0.5, 0.6) is 0 Å². The Morgan fingerprint density at radius 3 is 2.41 bits per heavy atom. The monoisotopic (exact) mass is 314 g/mol. The lowest BCUT2D eigenvalue weighted by molar-refractivity contribution is -0.141. The minimum atomic E-state index is -4.71. The first kappa shape index (κ1) is 15.7. The second-order valence-corrected chi connectivity index (χ2v) is 4.53.